The maximum Gasteiger partial charge on any atom is 0.277 e. The fourth-order valence-corrected chi connectivity index (χ4v) is 3.24. The lowest BCUT2D eigenvalue weighted by atomic mass is 10.1. The Kier molecular flexibility index (Phi) is 4.38. The fraction of sp³-hybridized carbons (Fsp3) is 0.312. The van der Waals surface area contributed by atoms with E-state index >= 15 is 0 Å². The van der Waals surface area contributed by atoms with E-state index in [4.69, 9.17) is 34.4 Å². The average molecular weight is 355 g/mol. The number of rotatable bonds is 3. The number of fused-ring (bicyclic) bond motifs is 1. The average Bonchev–Trinajstić information content (AvgIpc) is 2.79. The first-order valence-corrected chi connectivity index (χ1v) is 7.85. The maximum atomic E-state index is 14.7. The molecule has 0 amide bonds. The van der Waals surface area contributed by atoms with Crippen LogP contribution in [0.15, 0.2) is 16.9 Å². The standard InChI is InChI=1S/C16H13Cl2FN2O2/c1-2-7-23-13-8-10(11(17)9-12(13)18)14-15(19)20-5-3-4-6-21(20)16(14)22/h1,8-9H,3-7H2. The van der Waals surface area contributed by atoms with Gasteiger partial charge in [-0.2, -0.15) is 4.39 Å². The summed E-state index contributed by atoms with van der Waals surface area (Å²) >= 11 is 12.2. The van der Waals surface area contributed by atoms with Gasteiger partial charge in [0.05, 0.1) is 10.0 Å². The lowest BCUT2D eigenvalue weighted by Crippen LogP contribution is -2.27. The van der Waals surface area contributed by atoms with Gasteiger partial charge in [-0.1, -0.05) is 29.1 Å². The second-order valence-electron chi connectivity index (χ2n) is 5.18. The third-order valence-corrected chi connectivity index (χ3v) is 4.37. The molecule has 0 fully saturated rings. The van der Waals surface area contributed by atoms with E-state index in [1.807, 2.05) is 0 Å². The van der Waals surface area contributed by atoms with E-state index in [0.717, 1.165) is 12.8 Å². The monoisotopic (exact) mass is 354 g/mol. The molecule has 0 radical (unpaired) electrons. The Morgan fingerprint density at radius 1 is 1.22 bits per heavy atom. The summed E-state index contributed by atoms with van der Waals surface area (Å²) in [4.78, 5) is 12.5. The Hall–Kier alpha value is -1.90. The van der Waals surface area contributed by atoms with Gasteiger partial charge in [-0.15, -0.1) is 6.42 Å². The molecule has 0 saturated carbocycles. The van der Waals surface area contributed by atoms with Crippen molar-refractivity contribution >= 4 is 23.2 Å². The fourth-order valence-electron chi connectivity index (χ4n) is 2.70. The zero-order valence-electron chi connectivity index (χ0n) is 12.1. The lowest BCUT2D eigenvalue weighted by Gasteiger charge is -2.16. The van der Waals surface area contributed by atoms with E-state index < -0.39 is 11.5 Å². The van der Waals surface area contributed by atoms with Crippen LogP contribution in [0.5, 0.6) is 5.75 Å². The first-order chi connectivity index (χ1) is 11.0. The molecule has 0 N–H and O–H groups in total. The van der Waals surface area contributed by atoms with Crippen molar-refractivity contribution in [1.29, 1.82) is 0 Å². The normalized spacial score (nSPS) is 13.5. The number of hydrogen-bond donors (Lipinski definition) is 0. The molecule has 2 aromatic rings. The van der Waals surface area contributed by atoms with Crippen LogP contribution in [0.1, 0.15) is 12.8 Å². The quantitative estimate of drug-likeness (QED) is 0.790. The predicted molar refractivity (Wildman–Crippen MR) is 87.7 cm³/mol. The van der Waals surface area contributed by atoms with Gasteiger partial charge >= 0.3 is 0 Å². The van der Waals surface area contributed by atoms with E-state index in [9.17, 15) is 9.18 Å². The second-order valence-corrected chi connectivity index (χ2v) is 5.99. The number of benzene rings is 1. The highest BCUT2D eigenvalue weighted by atomic mass is 35.5. The number of hydrogen-bond acceptors (Lipinski definition) is 2. The van der Waals surface area contributed by atoms with E-state index in [0.29, 0.717) is 13.1 Å². The van der Waals surface area contributed by atoms with Crippen LogP contribution < -0.4 is 10.3 Å². The van der Waals surface area contributed by atoms with E-state index in [2.05, 4.69) is 5.92 Å². The molecule has 120 valence electrons. The molecular weight excluding hydrogens is 342 g/mol. The van der Waals surface area contributed by atoms with E-state index in [1.54, 1.807) is 0 Å². The molecule has 3 rings (SSSR count). The van der Waals surface area contributed by atoms with Gasteiger partial charge < -0.3 is 4.74 Å². The van der Waals surface area contributed by atoms with Crippen molar-refractivity contribution in [2.45, 2.75) is 25.9 Å². The Labute approximate surface area is 142 Å². The Morgan fingerprint density at radius 3 is 2.57 bits per heavy atom. The zero-order chi connectivity index (χ0) is 16.6. The van der Waals surface area contributed by atoms with Crippen LogP contribution in [-0.2, 0) is 13.1 Å². The minimum absolute atomic E-state index is 0.00845. The Bertz CT molecular complexity index is 864. The van der Waals surface area contributed by atoms with Crippen LogP contribution in [0.25, 0.3) is 11.1 Å². The molecule has 0 saturated heterocycles. The largest absolute Gasteiger partial charge is 0.479 e. The molecular formula is C16H13Cl2FN2O2. The van der Waals surface area contributed by atoms with Crippen LogP contribution in [0.2, 0.25) is 10.0 Å². The first kappa shape index (κ1) is 16.0. The molecule has 0 unspecified atom stereocenters. The molecule has 1 aliphatic rings. The van der Waals surface area contributed by atoms with Crippen molar-refractivity contribution in [3.63, 3.8) is 0 Å². The molecule has 0 spiro atoms. The van der Waals surface area contributed by atoms with Crippen molar-refractivity contribution in [2.75, 3.05) is 6.61 Å². The van der Waals surface area contributed by atoms with Crippen LogP contribution in [0.4, 0.5) is 4.39 Å². The van der Waals surface area contributed by atoms with Gasteiger partial charge in [-0.3, -0.25) is 9.48 Å². The van der Waals surface area contributed by atoms with Crippen molar-refractivity contribution < 1.29 is 9.13 Å². The van der Waals surface area contributed by atoms with E-state index in [-0.39, 0.29) is 33.5 Å². The van der Waals surface area contributed by atoms with Gasteiger partial charge in [0, 0.05) is 18.7 Å². The zero-order valence-corrected chi connectivity index (χ0v) is 13.6. The maximum absolute atomic E-state index is 14.7. The summed E-state index contributed by atoms with van der Waals surface area (Å²) in [6.07, 6.45) is 6.83. The SMILES string of the molecule is C#CCOc1cc(-c2c(F)n3n(c2=O)CCCC3)c(Cl)cc1Cl. The minimum Gasteiger partial charge on any atom is -0.479 e. The smallest absolute Gasteiger partial charge is 0.277 e. The summed E-state index contributed by atoms with van der Waals surface area (Å²) in [6.45, 7) is 0.961. The number of aromatic nitrogens is 2. The van der Waals surface area contributed by atoms with Gasteiger partial charge in [0.25, 0.3) is 5.56 Å². The molecule has 0 atom stereocenters. The summed E-state index contributed by atoms with van der Waals surface area (Å²) in [5, 5.41) is 0.432. The number of terminal acetylenes is 1. The summed E-state index contributed by atoms with van der Waals surface area (Å²) in [5.74, 6) is 1.99. The van der Waals surface area contributed by atoms with Crippen LogP contribution >= 0.6 is 23.2 Å². The lowest BCUT2D eigenvalue weighted by molar-refractivity contribution is 0.310. The molecule has 2 heterocycles. The topological polar surface area (TPSA) is 36.2 Å². The summed E-state index contributed by atoms with van der Waals surface area (Å²) in [7, 11) is 0. The van der Waals surface area contributed by atoms with Crippen molar-refractivity contribution in [2.24, 2.45) is 0 Å². The first-order valence-electron chi connectivity index (χ1n) is 7.09. The highest BCUT2D eigenvalue weighted by Crippen LogP contribution is 2.37. The van der Waals surface area contributed by atoms with Crippen LogP contribution in [-0.4, -0.2) is 16.0 Å². The summed E-state index contributed by atoms with van der Waals surface area (Å²) < 4.78 is 22.8. The highest BCUT2D eigenvalue weighted by Gasteiger charge is 2.25. The third-order valence-electron chi connectivity index (χ3n) is 3.76. The number of ether oxygens (including phenoxy) is 1. The van der Waals surface area contributed by atoms with Gasteiger partial charge in [0.15, 0.2) is 0 Å². The van der Waals surface area contributed by atoms with Crippen molar-refractivity contribution in [3.8, 4) is 29.2 Å². The Morgan fingerprint density at radius 2 is 1.91 bits per heavy atom. The highest BCUT2D eigenvalue weighted by molar-refractivity contribution is 6.37. The summed E-state index contributed by atoms with van der Waals surface area (Å²) in [5.41, 5.74) is -0.228. The van der Waals surface area contributed by atoms with Crippen molar-refractivity contribution in [3.05, 3.63) is 38.5 Å². The Balaban J connectivity index is 2.18. The van der Waals surface area contributed by atoms with Gasteiger partial charge in [-0.25, -0.2) is 4.68 Å². The van der Waals surface area contributed by atoms with Crippen LogP contribution in [0, 0.1) is 18.3 Å². The molecule has 1 aromatic carbocycles. The van der Waals surface area contributed by atoms with Gasteiger partial charge in [0.1, 0.15) is 17.9 Å². The molecule has 1 aromatic heterocycles. The molecule has 4 nitrogen and oxygen atoms in total. The third kappa shape index (κ3) is 2.73. The van der Waals surface area contributed by atoms with Crippen LogP contribution in [0.3, 0.4) is 0 Å². The number of nitrogens with zero attached hydrogens (tertiary/aromatic N) is 2. The molecule has 7 heteroatoms. The molecule has 1 aliphatic heterocycles. The second kappa shape index (κ2) is 6.31. The molecule has 23 heavy (non-hydrogen) atoms. The summed E-state index contributed by atoms with van der Waals surface area (Å²) in [6, 6.07) is 2.87. The van der Waals surface area contributed by atoms with Gasteiger partial charge in [-0.05, 0) is 25.0 Å². The van der Waals surface area contributed by atoms with E-state index in [1.165, 1.54) is 21.5 Å². The van der Waals surface area contributed by atoms with Crippen molar-refractivity contribution in [1.82, 2.24) is 9.36 Å². The molecule has 0 bridgehead atoms. The minimum atomic E-state index is -0.596. The van der Waals surface area contributed by atoms with Gasteiger partial charge in [0.2, 0.25) is 5.95 Å². The predicted octanol–water partition coefficient (Wildman–Crippen LogP) is 3.57. The molecule has 0 aliphatic carbocycles. The number of halogens is 3.